The number of amides is 1. The molecular weight excluding hydrogens is 366 g/mol. The number of rotatable bonds is 7. The zero-order chi connectivity index (χ0) is 20.8. The smallest absolute Gasteiger partial charge is 0.227 e. The minimum atomic E-state index is 0.164. The average Bonchev–Trinajstić information content (AvgIpc) is 2.75. The first-order chi connectivity index (χ1) is 14.0. The van der Waals surface area contributed by atoms with Gasteiger partial charge in [0.05, 0.1) is 13.5 Å². The molecule has 29 heavy (non-hydrogen) atoms. The van der Waals surface area contributed by atoms with Gasteiger partial charge in [0.1, 0.15) is 5.75 Å². The molecule has 2 aromatic rings. The number of aromatic nitrogens is 2. The van der Waals surface area contributed by atoms with Crippen molar-refractivity contribution in [3.8, 4) is 5.75 Å². The maximum absolute atomic E-state index is 12.7. The summed E-state index contributed by atoms with van der Waals surface area (Å²) < 4.78 is 5.29. The zero-order valence-corrected chi connectivity index (χ0v) is 17.9. The third kappa shape index (κ3) is 4.96. The molecule has 2 heterocycles. The van der Waals surface area contributed by atoms with Gasteiger partial charge in [0.15, 0.2) is 11.6 Å². The Kier molecular flexibility index (Phi) is 6.90. The van der Waals surface area contributed by atoms with Crippen LogP contribution in [0.1, 0.15) is 25.0 Å². The SMILES string of the molecule is CCN(CC)c1ccc(N2CCN(C(=O)Cc3ccc(OC)c(C)c3)CC2)nn1. The molecule has 0 atom stereocenters. The van der Waals surface area contributed by atoms with Crippen molar-refractivity contribution in [2.24, 2.45) is 0 Å². The summed E-state index contributed by atoms with van der Waals surface area (Å²) in [4.78, 5) is 19.0. The van der Waals surface area contributed by atoms with Crippen LogP contribution in [0.25, 0.3) is 0 Å². The minimum Gasteiger partial charge on any atom is -0.496 e. The van der Waals surface area contributed by atoms with Crippen molar-refractivity contribution in [1.82, 2.24) is 15.1 Å². The Balaban J connectivity index is 1.54. The Labute approximate surface area is 173 Å². The number of carbonyl (C=O) groups is 1. The van der Waals surface area contributed by atoms with E-state index in [0.717, 1.165) is 54.7 Å². The highest BCUT2D eigenvalue weighted by molar-refractivity contribution is 5.79. The molecule has 156 valence electrons. The van der Waals surface area contributed by atoms with Crippen LogP contribution in [0.2, 0.25) is 0 Å². The third-order valence-corrected chi connectivity index (χ3v) is 5.49. The van der Waals surface area contributed by atoms with E-state index < -0.39 is 0 Å². The number of methoxy groups -OCH3 is 1. The highest BCUT2D eigenvalue weighted by Crippen LogP contribution is 2.20. The van der Waals surface area contributed by atoms with Crippen LogP contribution in [0.3, 0.4) is 0 Å². The number of piperazine rings is 1. The molecule has 7 nitrogen and oxygen atoms in total. The van der Waals surface area contributed by atoms with E-state index in [-0.39, 0.29) is 5.91 Å². The lowest BCUT2D eigenvalue weighted by atomic mass is 10.1. The van der Waals surface area contributed by atoms with Crippen molar-refractivity contribution in [1.29, 1.82) is 0 Å². The molecule has 7 heteroatoms. The van der Waals surface area contributed by atoms with Crippen molar-refractivity contribution >= 4 is 17.5 Å². The van der Waals surface area contributed by atoms with Gasteiger partial charge in [-0.05, 0) is 50.1 Å². The van der Waals surface area contributed by atoms with Gasteiger partial charge in [0.25, 0.3) is 0 Å². The van der Waals surface area contributed by atoms with E-state index >= 15 is 0 Å². The Morgan fingerprint density at radius 3 is 2.34 bits per heavy atom. The quantitative estimate of drug-likeness (QED) is 0.716. The molecule has 1 fully saturated rings. The summed E-state index contributed by atoms with van der Waals surface area (Å²) in [5.41, 5.74) is 2.07. The van der Waals surface area contributed by atoms with E-state index in [0.29, 0.717) is 19.5 Å². The van der Waals surface area contributed by atoms with Crippen LogP contribution in [0.15, 0.2) is 30.3 Å². The molecule has 0 N–H and O–H groups in total. The van der Waals surface area contributed by atoms with Crippen molar-refractivity contribution in [2.75, 3.05) is 56.2 Å². The molecule has 0 saturated carbocycles. The van der Waals surface area contributed by atoms with Crippen LogP contribution >= 0.6 is 0 Å². The predicted molar refractivity (Wildman–Crippen MR) is 116 cm³/mol. The van der Waals surface area contributed by atoms with Crippen LogP contribution in [-0.2, 0) is 11.2 Å². The highest BCUT2D eigenvalue weighted by Gasteiger charge is 2.22. The minimum absolute atomic E-state index is 0.164. The van der Waals surface area contributed by atoms with Crippen LogP contribution in [0.5, 0.6) is 5.75 Å². The monoisotopic (exact) mass is 397 g/mol. The van der Waals surface area contributed by atoms with Gasteiger partial charge in [-0.3, -0.25) is 4.79 Å². The molecule has 0 radical (unpaired) electrons. The van der Waals surface area contributed by atoms with Gasteiger partial charge in [-0.2, -0.15) is 0 Å². The summed E-state index contributed by atoms with van der Waals surface area (Å²) in [6, 6.07) is 9.97. The van der Waals surface area contributed by atoms with Gasteiger partial charge < -0.3 is 19.4 Å². The summed E-state index contributed by atoms with van der Waals surface area (Å²) >= 11 is 0. The number of nitrogens with zero attached hydrogens (tertiary/aromatic N) is 5. The number of anilines is 2. The summed E-state index contributed by atoms with van der Waals surface area (Å²) in [7, 11) is 1.66. The molecule has 1 saturated heterocycles. The van der Waals surface area contributed by atoms with E-state index in [4.69, 9.17) is 4.74 Å². The first kappa shape index (κ1) is 20.9. The molecule has 0 unspecified atom stereocenters. The van der Waals surface area contributed by atoms with E-state index in [9.17, 15) is 4.79 Å². The predicted octanol–water partition coefficient (Wildman–Crippen LogP) is 2.53. The zero-order valence-electron chi connectivity index (χ0n) is 17.9. The molecule has 1 aliphatic rings. The number of ether oxygens (including phenoxy) is 1. The first-order valence-corrected chi connectivity index (χ1v) is 10.3. The summed E-state index contributed by atoms with van der Waals surface area (Å²) in [6.07, 6.45) is 0.420. The Hall–Kier alpha value is -2.83. The van der Waals surface area contributed by atoms with Gasteiger partial charge in [0, 0.05) is 39.3 Å². The Bertz CT molecular complexity index is 812. The van der Waals surface area contributed by atoms with Crippen molar-refractivity contribution in [3.05, 3.63) is 41.5 Å². The van der Waals surface area contributed by atoms with E-state index in [1.165, 1.54) is 0 Å². The van der Waals surface area contributed by atoms with Gasteiger partial charge in [-0.25, -0.2) is 0 Å². The largest absolute Gasteiger partial charge is 0.496 e. The lowest BCUT2D eigenvalue weighted by Gasteiger charge is -2.35. The molecule has 0 aliphatic carbocycles. The van der Waals surface area contributed by atoms with E-state index in [1.54, 1.807) is 7.11 Å². The maximum atomic E-state index is 12.7. The molecule has 1 amide bonds. The van der Waals surface area contributed by atoms with Crippen LogP contribution in [0, 0.1) is 6.92 Å². The van der Waals surface area contributed by atoms with Gasteiger partial charge in [-0.1, -0.05) is 12.1 Å². The maximum Gasteiger partial charge on any atom is 0.227 e. The first-order valence-electron chi connectivity index (χ1n) is 10.3. The van der Waals surface area contributed by atoms with Gasteiger partial charge in [0.2, 0.25) is 5.91 Å². The summed E-state index contributed by atoms with van der Waals surface area (Å²) in [6.45, 7) is 11.0. The fourth-order valence-electron chi connectivity index (χ4n) is 3.72. The normalized spacial score (nSPS) is 14.1. The fraction of sp³-hybridized carbons (Fsp3) is 0.500. The number of aryl methyl sites for hydroxylation is 1. The second kappa shape index (κ2) is 9.58. The van der Waals surface area contributed by atoms with Gasteiger partial charge >= 0.3 is 0 Å². The second-order valence-corrected chi connectivity index (χ2v) is 7.27. The molecular formula is C22H31N5O2. The fourth-order valence-corrected chi connectivity index (χ4v) is 3.72. The molecule has 0 bridgehead atoms. The molecule has 1 aliphatic heterocycles. The molecule has 1 aromatic carbocycles. The topological polar surface area (TPSA) is 61.8 Å². The average molecular weight is 398 g/mol. The number of benzene rings is 1. The van der Waals surface area contributed by atoms with Crippen LogP contribution in [-0.4, -0.2) is 67.4 Å². The lowest BCUT2D eigenvalue weighted by molar-refractivity contribution is -0.130. The molecule has 0 spiro atoms. The van der Waals surface area contributed by atoms with Crippen LogP contribution < -0.4 is 14.5 Å². The highest BCUT2D eigenvalue weighted by atomic mass is 16.5. The lowest BCUT2D eigenvalue weighted by Crippen LogP contribution is -2.49. The van der Waals surface area contributed by atoms with Crippen molar-refractivity contribution in [2.45, 2.75) is 27.2 Å². The Morgan fingerprint density at radius 1 is 1.07 bits per heavy atom. The summed E-state index contributed by atoms with van der Waals surface area (Å²) in [5, 5.41) is 8.77. The standard InChI is InChI=1S/C22H31N5O2/c1-5-25(6-2)20-9-10-21(24-23-20)26-11-13-27(14-12-26)22(28)16-18-7-8-19(29-4)17(3)15-18/h7-10,15H,5-6,11-14,16H2,1-4H3. The number of hydrogen-bond acceptors (Lipinski definition) is 6. The number of carbonyl (C=O) groups excluding carboxylic acids is 1. The van der Waals surface area contributed by atoms with E-state index in [1.807, 2.05) is 42.2 Å². The molecule has 1 aromatic heterocycles. The van der Waals surface area contributed by atoms with Crippen molar-refractivity contribution in [3.63, 3.8) is 0 Å². The Morgan fingerprint density at radius 2 is 1.79 bits per heavy atom. The van der Waals surface area contributed by atoms with E-state index in [2.05, 4.69) is 33.8 Å². The summed E-state index contributed by atoms with van der Waals surface area (Å²) in [5.74, 6) is 2.79. The van der Waals surface area contributed by atoms with Gasteiger partial charge in [-0.15, -0.1) is 10.2 Å². The molecule has 3 rings (SSSR count). The van der Waals surface area contributed by atoms with Crippen LogP contribution in [0.4, 0.5) is 11.6 Å². The van der Waals surface area contributed by atoms with Crippen molar-refractivity contribution < 1.29 is 9.53 Å². The number of hydrogen-bond donors (Lipinski definition) is 0. The second-order valence-electron chi connectivity index (χ2n) is 7.27. The third-order valence-electron chi connectivity index (χ3n) is 5.49.